The molecule has 5 N–H and O–H groups in total. The Morgan fingerprint density at radius 3 is 2.34 bits per heavy atom. The largest absolute Gasteiger partial charge is 0.505 e. The van der Waals surface area contributed by atoms with Gasteiger partial charge in [-0.3, -0.25) is 4.79 Å². The zero-order valence-corrected chi connectivity index (χ0v) is 37.7. The maximum Gasteiger partial charge on any atom is 0.407 e. The highest BCUT2D eigenvalue weighted by Gasteiger charge is 2.44. The van der Waals surface area contributed by atoms with Crippen molar-refractivity contribution in [2.75, 3.05) is 24.3 Å². The molecule has 336 valence electrons. The molecule has 62 heavy (non-hydrogen) atoms. The number of para-hydroxylation sites is 1. The van der Waals surface area contributed by atoms with E-state index in [1.54, 1.807) is 58.9 Å². The number of aromatic hydroxyl groups is 1. The summed E-state index contributed by atoms with van der Waals surface area (Å²) in [7, 11) is -3.88. The molecule has 0 saturated carbocycles. The van der Waals surface area contributed by atoms with Gasteiger partial charge in [0, 0.05) is 30.9 Å². The molecule has 14 nitrogen and oxygen atoms in total. The van der Waals surface area contributed by atoms with Crippen LogP contribution in [0.1, 0.15) is 121 Å². The van der Waals surface area contributed by atoms with Crippen LogP contribution in [0, 0.1) is 0 Å². The molecule has 3 aromatic carbocycles. The van der Waals surface area contributed by atoms with E-state index in [2.05, 4.69) is 32.7 Å². The first-order valence-corrected chi connectivity index (χ1v) is 22.8. The second-order valence-electron chi connectivity index (χ2n) is 17.6. The van der Waals surface area contributed by atoms with Gasteiger partial charge in [0.2, 0.25) is 0 Å². The molecular weight excluding hydrogens is 811 g/mol. The number of hydrogen-bond acceptors (Lipinski definition) is 12. The molecule has 2 amide bonds. The number of benzene rings is 3. The SMILES string of the molecule is CC(C)(C)OC(=O)NCc1cccc(NC(=O)c2nc(-c3ccc(S(=O)(=O)C(C)(C)CC(C)(CCCCCCOCc4ccccc4)OC4CCCCO4)cc3)cnc2N)c1O. The Morgan fingerprint density at radius 2 is 1.65 bits per heavy atom. The van der Waals surface area contributed by atoms with Gasteiger partial charge in [-0.05, 0) is 104 Å². The maximum absolute atomic E-state index is 14.3. The molecule has 4 aromatic rings. The minimum atomic E-state index is -3.88. The number of nitrogens with one attached hydrogen (secondary N) is 2. The molecule has 15 heteroatoms. The first-order valence-electron chi connectivity index (χ1n) is 21.3. The predicted octanol–water partition coefficient (Wildman–Crippen LogP) is 9.12. The third kappa shape index (κ3) is 13.7. The van der Waals surface area contributed by atoms with Gasteiger partial charge in [0.1, 0.15) is 11.4 Å². The summed E-state index contributed by atoms with van der Waals surface area (Å²) in [4.78, 5) is 34.3. The highest BCUT2D eigenvalue weighted by molar-refractivity contribution is 7.92. The number of nitrogens with zero attached hydrogens (tertiary/aromatic N) is 2. The molecule has 1 aromatic heterocycles. The number of alkyl carbamates (subject to hydrolysis) is 1. The van der Waals surface area contributed by atoms with Crippen molar-refractivity contribution in [2.24, 2.45) is 0 Å². The summed E-state index contributed by atoms with van der Waals surface area (Å²) >= 11 is 0. The van der Waals surface area contributed by atoms with Crippen LogP contribution in [-0.2, 0) is 41.9 Å². The standard InChI is InChI=1S/C47H63N5O9S/c1-45(2,3)61-44(55)50-29-35-19-16-20-37(41(35)53)52-43(54)40-42(48)49-30-38(51-40)34-22-24-36(25-23-34)62(56,57)46(4,5)32-47(6,60-39-21-12-15-28-59-39)26-13-7-8-14-27-58-31-33-17-10-9-11-18-33/h9-11,16-20,22-25,30,39,53H,7-8,12-15,21,26-29,31-32H2,1-6H3,(H2,48,49)(H,50,55)(H,52,54). The summed E-state index contributed by atoms with van der Waals surface area (Å²) in [6.45, 7) is 12.5. The maximum atomic E-state index is 14.3. The molecule has 0 spiro atoms. The summed E-state index contributed by atoms with van der Waals surface area (Å²) in [6.07, 6.45) is 7.82. The van der Waals surface area contributed by atoms with Crippen molar-refractivity contribution < 1.29 is 42.1 Å². The van der Waals surface area contributed by atoms with Crippen molar-refractivity contribution in [2.45, 2.75) is 140 Å². The second-order valence-corrected chi connectivity index (χ2v) is 20.2. The molecule has 1 fully saturated rings. The van der Waals surface area contributed by atoms with Crippen LogP contribution in [0.15, 0.2) is 83.9 Å². The first kappa shape index (κ1) is 48.0. The van der Waals surface area contributed by atoms with Gasteiger partial charge in [-0.25, -0.2) is 23.2 Å². The molecule has 0 aliphatic carbocycles. The lowest BCUT2D eigenvalue weighted by Gasteiger charge is -2.40. The van der Waals surface area contributed by atoms with Crippen LogP contribution in [0.4, 0.5) is 16.3 Å². The molecule has 1 aliphatic rings. The van der Waals surface area contributed by atoms with E-state index in [1.807, 2.05) is 25.1 Å². The summed E-state index contributed by atoms with van der Waals surface area (Å²) in [5, 5.41) is 16.1. The number of unbranched alkanes of at least 4 members (excludes halogenated alkanes) is 3. The molecule has 0 radical (unpaired) electrons. The lowest BCUT2D eigenvalue weighted by Crippen LogP contribution is -2.45. The Kier molecular flexibility index (Phi) is 16.5. The molecule has 5 rings (SSSR count). The summed E-state index contributed by atoms with van der Waals surface area (Å²) in [5.74, 6) is -1.14. The molecule has 0 bridgehead atoms. The number of rotatable bonds is 20. The Labute approximate surface area is 366 Å². The lowest BCUT2D eigenvalue weighted by molar-refractivity contribution is -0.225. The number of sulfone groups is 1. The van der Waals surface area contributed by atoms with Crippen LogP contribution >= 0.6 is 0 Å². The van der Waals surface area contributed by atoms with Gasteiger partial charge in [-0.15, -0.1) is 0 Å². The van der Waals surface area contributed by atoms with E-state index < -0.39 is 37.8 Å². The van der Waals surface area contributed by atoms with Crippen LogP contribution in [0.2, 0.25) is 0 Å². The number of nitrogens with two attached hydrogens (primary N) is 1. The Morgan fingerprint density at radius 1 is 0.919 bits per heavy atom. The molecular formula is C47H63N5O9S. The fourth-order valence-electron chi connectivity index (χ4n) is 7.45. The van der Waals surface area contributed by atoms with E-state index in [1.165, 1.54) is 24.4 Å². The number of nitrogen functional groups attached to an aromatic ring is 1. The van der Waals surface area contributed by atoms with E-state index in [-0.39, 0.29) is 52.8 Å². The van der Waals surface area contributed by atoms with E-state index in [0.29, 0.717) is 37.4 Å². The first-order chi connectivity index (χ1) is 29.4. The monoisotopic (exact) mass is 873 g/mol. The number of carbonyl (C=O) groups is 2. The quantitative estimate of drug-likeness (QED) is 0.0485. The zero-order chi connectivity index (χ0) is 45.0. The number of anilines is 2. The molecule has 1 saturated heterocycles. The minimum absolute atomic E-state index is 0.0553. The number of phenols is 1. The van der Waals surface area contributed by atoms with Gasteiger partial charge >= 0.3 is 6.09 Å². The summed E-state index contributed by atoms with van der Waals surface area (Å²) < 4.78 is 51.2. The molecule has 2 unspecified atom stereocenters. The highest BCUT2D eigenvalue weighted by Crippen LogP contribution is 2.39. The average Bonchev–Trinajstić information content (AvgIpc) is 3.22. The van der Waals surface area contributed by atoms with Crippen molar-refractivity contribution in [3.8, 4) is 17.0 Å². The number of aromatic nitrogens is 2. The van der Waals surface area contributed by atoms with E-state index in [9.17, 15) is 23.1 Å². The van der Waals surface area contributed by atoms with Crippen LogP contribution in [0.25, 0.3) is 11.3 Å². The molecule has 1 aliphatic heterocycles. The van der Waals surface area contributed by atoms with Crippen LogP contribution in [-0.4, -0.2) is 70.9 Å². The van der Waals surface area contributed by atoms with Crippen molar-refractivity contribution >= 4 is 33.3 Å². The number of phenolic OH excluding ortho intramolecular Hbond substituents is 1. The highest BCUT2D eigenvalue weighted by atomic mass is 32.2. The van der Waals surface area contributed by atoms with Gasteiger partial charge in [-0.1, -0.05) is 73.9 Å². The van der Waals surface area contributed by atoms with Gasteiger partial charge < -0.3 is 40.4 Å². The summed E-state index contributed by atoms with van der Waals surface area (Å²) in [5.41, 5.74) is 6.77. The van der Waals surface area contributed by atoms with E-state index in [0.717, 1.165) is 50.5 Å². The van der Waals surface area contributed by atoms with Gasteiger partial charge in [-0.2, -0.15) is 0 Å². The normalized spacial score (nSPS) is 15.7. The molecule has 2 heterocycles. The van der Waals surface area contributed by atoms with Crippen molar-refractivity contribution in [3.05, 3.63) is 95.8 Å². The topological polar surface area (TPSA) is 201 Å². The van der Waals surface area contributed by atoms with Crippen molar-refractivity contribution in [1.82, 2.24) is 15.3 Å². The zero-order valence-electron chi connectivity index (χ0n) is 36.9. The van der Waals surface area contributed by atoms with E-state index in [4.69, 9.17) is 24.7 Å². The van der Waals surface area contributed by atoms with Crippen LogP contribution < -0.4 is 16.4 Å². The van der Waals surface area contributed by atoms with Gasteiger partial charge in [0.05, 0.1) is 39.4 Å². The van der Waals surface area contributed by atoms with Gasteiger partial charge in [0.25, 0.3) is 5.91 Å². The smallest absolute Gasteiger partial charge is 0.407 e. The van der Waals surface area contributed by atoms with Crippen molar-refractivity contribution in [3.63, 3.8) is 0 Å². The second kappa shape index (κ2) is 21.3. The number of carbonyl (C=O) groups excluding carboxylic acids is 2. The third-order valence-corrected chi connectivity index (χ3v) is 13.1. The fourth-order valence-corrected chi connectivity index (χ4v) is 9.08. The van der Waals surface area contributed by atoms with Gasteiger partial charge in [0.15, 0.2) is 27.6 Å². The third-order valence-electron chi connectivity index (χ3n) is 10.6. The van der Waals surface area contributed by atoms with Crippen LogP contribution in [0.5, 0.6) is 5.75 Å². The fraction of sp³-hybridized carbons (Fsp3) is 0.489. The van der Waals surface area contributed by atoms with E-state index >= 15 is 0 Å². The number of hydrogen-bond donors (Lipinski definition) is 4. The average molecular weight is 874 g/mol. The Balaban J connectivity index is 1.22. The molecule has 2 atom stereocenters. The minimum Gasteiger partial charge on any atom is -0.505 e. The Hall–Kier alpha value is -5.09. The predicted molar refractivity (Wildman–Crippen MR) is 239 cm³/mol. The summed E-state index contributed by atoms with van der Waals surface area (Å²) in [6, 6.07) is 21.1. The number of ether oxygens (including phenoxy) is 4. The Bertz CT molecular complexity index is 2210. The number of amides is 2. The lowest BCUT2D eigenvalue weighted by atomic mass is 9.88. The van der Waals surface area contributed by atoms with Crippen LogP contribution in [0.3, 0.4) is 0 Å². The van der Waals surface area contributed by atoms with Crippen molar-refractivity contribution in [1.29, 1.82) is 0 Å².